The first-order chi connectivity index (χ1) is 8.83. The van der Waals surface area contributed by atoms with Gasteiger partial charge in [0.15, 0.2) is 5.82 Å². The molecule has 0 fully saturated rings. The predicted octanol–water partition coefficient (Wildman–Crippen LogP) is 2.06. The van der Waals surface area contributed by atoms with E-state index in [1.807, 2.05) is 42.5 Å². The summed E-state index contributed by atoms with van der Waals surface area (Å²) in [5.74, 6) is 0.567. The average molecular weight is 239 g/mol. The second kappa shape index (κ2) is 4.49. The number of carbonyl (C=O) groups excluding carboxylic acids is 1. The van der Waals surface area contributed by atoms with E-state index < -0.39 is 0 Å². The molecule has 90 valence electrons. The molecule has 0 saturated heterocycles. The molecule has 18 heavy (non-hydrogen) atoms. The summed E-state index contributed by atoms with van der Waals surface area (Å²) in [6, 6.07) is 13.5. The molecule has 0 unspecified atom stereocenters. The van der Waals surface area contributed by atoms with Gasteiger partial charge in [-0.15, -0.1) is 0 Å². The van der Waals surface area contributed by atoms with Gasteiger partial charge in [0.25, 0.3) is 0 Å². The molecule has 0 aliphatic carbocycles. The van der Waals surface area contributed by atoms with Crippen LogP contribution in [0.4, 0.5) is 11.5 Å². The highest BCUT2D eigenvalue weighted by molar-refractivity contribution is 6.01. The number of anilines is 2. The Morgan fingerprint density at radius 2 is 1.94 bits per heavy atom. The second-order valence-corrected chi connectivity index (χ2v) is 4.28. The summed E-state index contributed by atoms with van der Waals surface area (Å²) in [5.41, 5.74) is 2.01. The van der Waals surface area contributed by atoms with Crippen molar-refractivity contribution in [2.45, 2.75) is 12.5 Å². The van der Waals surface area contributed by atoms with Crippen LogP contribution in [-0.4, -0.2) is 16.9 Å². The van der Waals surface area contributed by atoms with Crippen LogP contribution in [0.1, 0.15) is 5.56 Å². The third-order valence-corrected chi connectivity index (χ3v) is 2.98. The van der Waals surface area contributed by atoms with Crippen LogP contribution in [0.3, 0.4) is 0 Å². The third-order valence-electron chi connectivity index (χ3n) is 2.98. The summed E-state index contributed by atoms with van der Waals surface area (Å²) in [5, 5.41) is 6.04. The van der Waals surface area contributed by atoms with E-state index in [0.29, 0.717) is 12.2 Å². The van der Waals surface area contributed by atoms with Crippen LogP contribution in [0.2, 0.25) is 0 Å². The predicted molar refractivity (Wildman–Crippen MR) is 70.4 cm³/mol. The number of carbonyl (C=O) groups is 1. The molecular formula is C14H13N3O. The highest BCUT2D eigenvalue weighted by atomic mass is 16.2. The summed E-state index contributed by atoms with van der Waals surface area (Å²) in [6.45, 7) is 0. The minimum Gasteiger partial charge on any atom is -0.370 e. The van der Waals surface area contributed by atoms with E-state index in [0.717, 1.165) is 11.3 Å². The fraction of sp³-hybridized carbons (Fsp3) is 0.143. The lowest BCUT2D eigenvalue weighted by molar-refractivity contribution is -0.117. The maximum Gasteiger partial charge on any atom is 0.248 e. The van der Waals surface area contributed by atoms with E-state index >= 15 is 0 Å². The molecule has 1 amide bonds. The monoisotopic (exact) mass is 239 g/mol. The van der Waals surface area contributed by atoms with Crippen LogP contribution < -0.4 is 10.6 Å². The van der Waals surface area contributed by atoms with Gasteiger partial charge in [-0.3, -0.25) is 4.79 Å². The lowest BCUT2D eigenvalue weighted by Gasteiger charge is -2.25. The number of nitrogens with zero attached hydrogens (tertiary/aromatic N) is 1. The van der Waals surface area contributed by atoms with E-state index in [1.54, 1.807) is 6.20 Å². The zero-order valence-electron chi connectivity index (χ0n) is 9.76. The maximum absolute atomic E-state index is 11.9. The van der Waals surface area contributed by atoms with Crippen LogP contribution in [0.25, 0.3) is 0 Å². The SMILES string of the molecule is O=C1Nc2ncccc2N[C@@H]1Cc1ccccc1. The van der Waals surface area contributed by atoms with Gasteiger partial charge in [0, 0.05) is 12.6 Å². The molecule has 2 N–H and O–H groups in total. The number of rotatable bonds is 2. The fourth-order valence-corrected chi connectivity index (χ4v) is 2.07. The van der Waals surface area contributed by atoms with Crippen LogP contribution in [0.15, 0.2) is 48.7 Å². The van der Waals surface area contributed by atoms with Crippen molar-refractivity contribution < 1.29 is 4.79 Å². The highest BCUT2D eigenvalue weighted by Gasteiger charge is 2.25. The molecule has 4 nitrogen and oxygen atoms in total. The number of amides is 1. The Kier molecular flexibility index (Phi) is 2.68. The van der Waals surface area contributed by atoms with Crippen molar-refractivity contribution >= 4 is 17.4 Å². The topological polar surface area (TPSA) is 54.0 Å². The Labute approximate surface area is 105 Å². The van der Waals surface area contributed by atoms with Gasteiger partial charge in [-0.05, 0) is 17.7 Å². The molecule has 1 aromatic carbocycles. The lowest BCUT2D eigenvalue weighted by atomic mass is 10.0. The van der Waals surface area contributed by atoms with E-state index in [4.69, 9.17) is 0 Å². The Hall–Kier alpha value is -2.36. The summed E-state index contributed by atoms with van der Waals surface area (Å²) in [6.07, 6.45) is 2.33. The molecule has 0 bridgehead atoms. The first kappa shape index (κ1) is 10.8. The molecule has 1 aliphatic heterocycles. The molecule has 1 aromatic heterocycles. The second-order valence-electron chi connectivity index (χ2n) is 4.28. The Balaban J connectivity index is 1.81. The first-order valence-electron chi connectivity index (χ1n) is 5.89. The summed E-state index contributed by atoms with van der Waals surface area (Å²) in [4.78, 5) is 16.1. The van der Waals surface area contributed by atoms with Crippen molar-refractivity contribution in [1.29, 1.82) is 0 Å². The standard InChI is InChI=1S/C14H13N3O/c18-14-12(9-10-5-2-1-3-6-10)16-11-7-4-8-15-13(11)17-14/h1-8,12,16H,9H2,(H,15,17,18)/t12-/m1/s1. The normalized spacial score (nSPS) is 17.6. The number of pyridine rings is 1. The van der Waals surface area contributed by atoms with Gasteiger partial charge in [-0.25, -0.2) is 4.98 Å². The molecule has 1 atom stereocenters. The molecule has 1 aliphatic rings. The minimum absolute atomic E-state index is 0.0370. The molecule has 2 heterocycles. The van der Waals surface area contributed by atoms with E-state index in [-0.39, 0.29) is 11.9 Å². The van der Waals surface area contributed by atoms with Crippen molar-refractivity contribution in [2.24, 2.45) is 0 Å². The van der Waals surface area contributed by atoms with Gasteiger partial charge in [-0.1, -0.05) is 30.3 Å². The van der Waals surface area contributed by atoms with E-state index in [1.165, 1.54) is 0 Å². The van der Waals surface area contributed by atoms with Crippen LogP contribution >= 0.6 is 0 Å². The molecule has 4 heteroatoms. The number of hydrogen-bond acceptors (Lipinski definition) is 3. The third kappa shape index (κ3) is 2.05. The largest absolute Gasteiger partial charge is 0.370 e. The molecule has 0 spiro atoms. The quantitative estimate of drug-likeness (QED) is 0.843. The van der Waals surface area contributed by atoms with Gasteiger partial charge >= 0.3 is 0 Å². The van der Waals surface area contributed by atoms with Crippen molar-refractivity contribution in [1.82, 2.24) is 4.98 Å². The summed E-state index contributed by atoms with van der Waals surface area (Å²) >= 11 is 0. The molecule has 0 radical (unpaired) electrons. The summed E-state index contributed by atoms with van der Waals surface area (Å²) in [7, 11) is 0. The first-order valence-corrected chi connectivity index (χ1v) is 5.89. The van der Waals surface area contributed by atoms with E-state index in [9.17, 15) is 4.79 Å². The van der Waals surface area contributed by atoms with Crippen LogP contribution in [-0.2, 0) is 11.2 Å². The number of nitrogens with one attached hydrogen (secondary N) is 2. The Bertz CT molecular complexity index is 568. The average Bonchev–Trinajstić information content (AvgIpc) is 2.41. The molecular weight excluding hydrogens is 226 g/mol. The Morgan fingerprint density at radius 1 is 1.11 bits per heavy atom. The fourth-order valence-electron chi connectivity index (χ4n) is 2.07. The van der Waals surface area contributed by atoms with Gasteiger partial charge in [0.05, 0.1) is 5.69 Å². The van der Waals surface area contributed by atoms with Crippen LogP contribution in [0.5, 0.6) is 0 Å². The van der Waals surface area contributed by atoms with Crippen molar-refractivity contribution in [3.63, 3.8) is 0 Å². The van der Waals surface area contributed by atoms with Gasteiger partial charge < -0.3 is 10.6 Å². The van der Waals surface area contributed by atoms with E-state index in [2.05, 4.69) is 15.6 Å². The molecule has 3 rings (SSSR count). The zero-order valence-corrected chi connectivity index (χ0v) is 9.76. The molecule has 2 aromatic rings. The summed E-state index contributed by atoms with van der Waals surface area (Å²) < 4.78 is 0. The molecule has 0 saturated carbocycles. The Morgan fingerprint density at radius 3 is 2.78 bits per heavy atom. The zero-order chi connectivity index (χ0) is 12.4. The van der Waals surface area contributed by atoms with Crippen LogP contribution in [0, 0.1) is 0 Å². The lowest BCUT2D eigenvalue weighted by Crippen LogP contribution is -2.40. The van der Waals surface area contributed by atoms with Gasteiger partial charge in [-0.2, -0.15) is 0 Å². The number of hydrogen-bond donors (Lipinski definition) is 2. The number of benzene rings is 1. The number of aromatic nitrogens is 1. The highest BCUT2D eigenvalue weighted by Crippen LogP contribution is 2.24. The van der Waals surface area contributed by atoms with Crippen molar-refractivity contribution in [3.05, 3.63) is 54.2 Å². The number of fused-ring (bicyclic) bond motifs is 1. The van der Waals surface area contributed by atoms with Crippen molar-refractivity contribution in [3.8, 4) is 0 Å². The van der Waals surface area contributed by atoms with Gasteiger partial charge in [0.1, 0.15) is 6.04 Å². The maximum atomic E-state index is 11.9. The minimum atomic E-state index is -0.246. The smallest absolute Gasteiger partial charge is 0.248 e. The van der Waals surface area contributed by atoms with Crippen molar-refractivity contribution in [2.75, 3.05) is 10.6 Å². The van der Waals surface area contributed by atoms with Gasteiger partial charge in [0.2, 0.25) is 5.91 Å².